The van der Waals surface area contributed by atoms with E-state index in [4.69, 9.17) is 9.84 Å². The van der Waals surface area contributed by atoms with E-state index in [2.05, 4.69) is 5.32 Å². The Morgan fingerprint density at radius 2 is 1.92 bits per heavy atom. The maximum absolute atomic E-state index is 15.2. The highest BCUT2D eigenvalue weighted by Crippen LogP contribution is 2.44. The maximum atomic E-state index is 15.2. The fourth-order valence-corrected chi connectivity index (χ4v) is 3.90. The number of halogens is 5. The molecule has 1 aliphatic rings. The molecule has 0 bridgehead atoms. The molecule has 0 spiro atoms. The van der Waals surface area contributed by atoms with E-state index in [9.17, 15) is 27.9 Å². The first-order chi connectivity index (χ1) is 17.9. The predicted molar refractivity (Wildman–Crippen MR) is 129 cm³/mol. The van der Waals surface area contributed by atoms with Crippen LogP contribution >= 0.6 is 0 Å². The van der Waals surface area contributed by atoms with Gasteiger partial charge in [0.2, 0.25) is 5.91 Å². The lowest BCUT2D eigenvalue weighted by molar-refractivity contribution is -0.138. The zero-order valence-electron chi connectivity index (χ0n) is 20.4. The molecule has 0 fully saturated rings. The number of rotatable bonds is 8. The number of nitrogens with one attached hydrogen (secondary N) is 1. The fraction of sp³-hybridized carbons (Fsp3) is 0.385. The lowest BCUT2D eigenvalue weighted by atomic mass is 9.97. The first kappa shape index (κ1) is 29.1. The second-order valence-corrected chi connectivity index (χ2v) is 8.62. The lowest BCUT2D eigenvalue weighted by Gasteiger charge is -2.24. The van der Waals surface area contributed by atoms with E-state index < -0.39 is 72.8 Å². The molecule has 12 heteroatoms. The van der Waals surface area contributed by atoms with Crippen LogP contribution in [0.5, 0.6) is 5.75 Å². The van der Waals surface area contributed by atoms with Gasteiger partial charge in [-0.3, -0.25) is 9.59 Å². The number of fused-ring (bicyclic) bond motifs is 1. The van der Waals surface area contributed by atoms with Crippen LogP contribution in [-0.2, 0) is 11.0 Å². The van der Waals surface area contributed by atoms with Gasteiger partial charge in [-0.05, 0) is 30.7 Å². The molecule has 2 aromatic rings. The summed E-state index contributed by atoms with van der Waals surface area (Å²) in [5.41, 5.74) is -3.04. The minimum Gasteiger partial charge on any atom is -0.494 e. The van der Waals surface area contributed by atoms with E-state index in [1.807, 2.05) is 0 Å². The van der Waals surface area contributed by atoms with Gasteiger partial charge in [0, 0.05) is 36.7 Å². The number of carbonyl (C=O) groups excluding carboxylic acids is 2. The van der Waals surface area contributed by atoms with E-state index in [-0.39, 0.29) is 23.6 Å². The van der Waals surface area contributed by atoms with E-state index in [1.54, 1.807) is 6.92 Å². The van der Waals surface area contributed by atoms with Gasteiger partial charge in [-0.2, -0.15) is 13.2 Å². The molecule has 1 aliphatic heterocycles. The topological polar surface area (TPSA) is 99.1 Å². The Bertz CT molecular complexity index is 1200. The number of nitrogens with zero attached hydrogens (tertiary/aromatic N) is 1. The zero-order chi connectivity index (χ0) is 28.1. The van der Waals surface area contributed by atoms with Gasteiger partial charge in [-0.1, -0.05) is 25.1 Å². The number of hydrogen-bond acceptors (Lipinski definition) is 5. The van der Waals surface area contributed by atoms with E-state index in [0.717, 1.165) is 11.0 Å². The molecule has 0 aliphatic carbocycles. The Morgan fingerprint density at radius 1 is 1.21 bits per heavy atom. The van der Waals surface area contributed by atoms with Gasteiger partial charge in [-0.25, -0.2) is 8.78 Å². The van der Waals surface area contributed by atoms with Crippen molar-refractivity contribution in [3.63, 3.8) is 0 Å². The molecule has 2 aromatic carbocycles. The van der Waals surface area contributed by atoms with Crippen molar-refractivity contribution in [3.05, 3.63) is 65.2 Å². The summed E-state index contributed by atoms with van der Waals surface area (Å²) in [4.78, 5) is 26.6. The van der Waals surface area contributed by atoms with Crippen molar-refractivity contribution in [2.24, 2.45) is 0 Å². The van der Waals surface area contributed by atoms with Gasteiger partial charge in [0.05, 0.1) is 36.1 Å². The average molecular weight is 543 g/mol. The van der Waals surface area contributed by atoms with Crippen LogP contribution in [0.2, 0.25) is 0 Å². The summed E-state index contributed by atoms with van der Waals surface area (Å²) in [5.74, 6) is -5.83. The van der Waals surface area contributed by atoms with Gasteiger partial charge >= 0.3 is 6.18 Å². The summed E-state index contributed by atoms with van der Waals surface area (Å²) < 4.78 is 77.5. The minimum absolute atomic E-state index is 0.0823. The van der Waals surface area contributed by atoms with Gasteiger partial charge in [-0.15, -0.1) is 0 Å². The summed E-state index contributed by atoms with van der Waals surface area (Å²) >= 11 is 0. The number of hydrogen-bond donors (Lipinski definition) is 3. The first-order valence-electron chi connectivity index (χ1n) is 11.8. The Kier molecular flexibility index (Phi) is 9.10. The third kappa shape index (κ3) is 6.67. The summed E-state index contributed by atoms with van der Waals surface area (Å²) in [6, 6.07) is 8.25. The molecule has 0 unspecified atom stereocenters. The van der Waals surface area contributed by atoms with Crippen molar-refractivity contribution in [2.75, 3.05) is 31.2 Å². The Labute approximate surface area is 215 Å². The third-order valence-electron chi connectivity index (χ3n) is 5.77. The van der Waals surface area contributed by atoms with Crippen LogP contribution in [0.1, 0.15) is 41.3 Å². The first-order valence-corrected chi connectivity index (χ1v) is 11.8. The Balaban J connectivity index is 2.05. The molecular weight excluding hydrogens is 515 g/mol. The molecule has 0 saturated heterocycles. The van der Waals surface area contributed by atoms with Crippen LogP contribution in [0.4, 0.5) is 27.6 Å². The normalized spacial score (nSPS) is 16.9. The number of allylic oxidation sites excluding steroid dienone is 1. The molecule has 1 atom stereocenters. The summed E-state index contributed by atoms with van der Waals surface area (Å²) in [5, 5.41) is 20.5. The van der Waals surface area contributed by atoms with E-state index in [1.165, 1.54) is 30.3 Å². The molecule has 1 heterocycles. The number of benzene rings is 2. The number of alkyl halides is 5. The molecule has 3 N–H and O–H groups in total. The van der Waals surface area contributed by atoms with Crippen LogP contribution in [0.25, 0.3) is 5.57 Å². The highest BCUT2D eigenvalue weighted by molar-refractivity contribution is 6.10. The Morgan fingerprint density at radius 3 is 2.58 bits per heavy atom. The van der Waals surface area contributed by atoms with Gasteiger partial charge in [0.15, 0.2) is 0 Å². The standard InChI is InChI=1S/C26H27F5N2O5/c1-2-11-38-17-7-8-19(21(12-17)26(29,30)31)24(37)33-10-9-25(27,28)20(18-5-3-4-6-22(18)33)13-23(36)32-14-16(35)15-34/h3-8,12-13,16,34-35H,2,9-11,14-15H2,1H3,(H,32,36)/b20-13-/t16-/m0/s1. The second kappa shape index (κ2) is 11.9. The molecular formula is C26H27F5N2O5. The summed E-state index contributed by atoms with van der Waals surface area (Å²) in [6.45, 7) is 0.269. The summed E-state index contributed by atoms with van der Waals surface area (Å²) in [7, 11) is 0. The van der Waals surface area contributed by atoms with Crippen molar-refractivity contribution in [1.82, 2.24) is 5.32 Å². The average Bonchev–Trinajstić information content (AvgIpc) is 2.98. The molecule has 206 valence electrons. The van der Waals surface area contributed by atoms with Crippen LogP contribution < -0.4 is 15.0 Å². The van der Waals surface area contributed by atoms with Crippen molar-refractivity contribution in [1.29, 1.82) is 0 Å². The molecule has 0 aromatic heterocycles. The monoisotopic (exact) mass is 542 g/mol. The van der Waals surface area contributed by atoms with Crippen molar-refractivity contribution in [3.8, 4) is 5.75 Å². The lowest BCUT2D eigenvalue weighted by Crippen LogP contribution is -2.34. The largest absolute Gasteiger partial charge is 0.494 e. The van der Waals surface area contributed by atoms with E-state index >= 15 is 8.78 Å². The van der Waals surface area contributed by atoms with Gasteiger partial charge in [0.25, 0.3) is 11.8 Å². The Hall–Kier alpha value is -3.51. The smallest absolute Gasteiger partial charge is 0.417 e. The van der Waals surface area contributed by atoms with Crippen LogP contribution in [0, 0.1) is 0 Å². The third-order valence-corrected chi connectivity index (χ3v) is 5.77. The minimum atomic E-state index is -4.92. The number of aliphatic hydroxyl groups excluding tert-OH is 2. The second-order valence-electron chi connectivity index (χ2n) is 8.62. The quantitative estimate of drug-likeness (QED) is 0.346. The van der Waals surface area contributed by atoms with Crippen LogP contribution in [0.15, 0.2) is 48.5 Å². The number of carbonyl (C=O) groups is 2. The van der Waals surface area contributed by atoms with Crippen molar-refractivity contribution in [2.45, 2.75) is 38.0 Å². The fourth-order valence-electron chi connectivity index (χ4n) is 3.90. The molecule has 0 saturated carbocycles. The molecule has 0 radical (unpaired) electrons. The summed E-state index contributed by atoms with van der Waals surface area (Å²) in [6.07, 6.45) is -6.01. The molecule has 2 amide bonds. The number of amides is 2. The van der Waals surface area contributed by atoms with Crippen LogP contribution in [0.3, 0.4) is 0 Å². The van der Waals surface area contributed by atoms with Crippen LogP contribution in [-0.4, -0.2) is 60.4 Å². The number of para-hydroxylation sites is 1. The maximum Gasteiger partial charge on any atom is 0.417 e. The zero-order valence-corrected chi connectivity index (χ0v) is 20.4. The molecule has 7 nitrogen and oxygen atoms in total. The van der Waals surface area contributed by atoms with Crippen molar-refractivity contribution >= 4 is 23.1 Å². The SMILES string of the molecule is CCCOc1ccc(C(=O)N2CCC(F)(F)/C(=C\C(=O)NC[C@H](O)CO)c3ccccc32)c(C(F)(F)F)c1. The molecule has 3 rings (SSSR count). The molecule has 38 heavy (non-hydrogen) atoms. The van der Waals surface area contributed by atoms with Crippen molar-refractivity contribution < 1.29 is 46.5 Å². The van der Waals surface area contributed by atoms with Gasteiger partial charge in [0.1, 0.15) is 5.75 Å². The highest BCUT2D eigenvalue weighted by atomic mass is 19.4. The number of aliphatic hydroxyl groups is 2. The number of anilines is 1. The highest BCUT2D eigenvalue weighted by Gasteiger charge is 2.43. The van der Waals surface area contributed by atoms with E-state index in [0.29, 0.717) is 18.6 Å². The number of ether oxygens (including phenoxy) is 1. The van der Waals surface area contributed by atoms with Gasteiger partial charge < -0.3 is 25.2 Å². The predicted octanol–water partition coefficient (Wildman–Crippen LogP) is 4.03.